The number of carbonyl (C=O) groups excluding carboxylic acids is 1. The Morgan fingerprint density at radius 2 is 1.63 bits per heavy atom. The number of unbranched alkanes of at least 4 members (excludes halogenated alkanes) is 4. The third kappa shape index (κ3) is 6.05. The van der Waals surface area contributed by atoms with E-state index in [0.29, 0.717) is 17.5 Å². The number of benzene rings is 1. The Morgan fingerprint density at radius 3 is 2.22 bits per heavy atom. The lowest BCUT2D eigenvalue weighted by Crippen LogP contribution is -2.16. The van der Waals surface area contributed by atoms with Crippen LogP contribution >= 0.6 is 0 Å². The Labute approximate surface area is 159 Å². The van der Waals surface area contributed by atoms with Crippen LogP contribution in [0, 0.1) is 6.92 Å². The predicted octanol–water partition coefficient (Wildman–Crippen LogP) is 4.29. The van der Waals surface area contributed by atoms with Crippen LogP contribution in [0.2, 0.25) is 0 Å². The van der Waals surface area contributed by atoms with Crippen molar-refractivity contribution >= 4 is 12.0 Å². The van der Waals surface area contributed by atoms with Gasteiger partial charge in [-0.25, -0.2) is 9.18 Å². The average molecular weight is 384 g/mol. The molecule has 0 amide bonds. The SMILES string of the molecule is COC(=O)C(F)CCCCCC/C=C/c1c(C)c(O)c(OC)c(OC)c1O. The summed E-state index contributed by atoms with van der Waals surface area (Å²) in [5, 5.41) is 20.6. The van der Waals surface area contributed by atoms with E-state index in [4.69, 9.17) is 9.47 Å². The van der Waals surface area contributed by atoms with Crippen LogP contribution < -0.4 is 9.47 Å². The van der Waals surface area contributed by atoms with Gasteiger partial charge in [-0.3, -0.25) is 0 Å². The van der Waals surface area contributed by atoms with E-state index in [0.717, 1.165) is 25.7 Å². The van der Waals surface area contributed by atoms with Gasteiger partial charge in [-0.1, -0.05) is 25.0 Å². The van der Waals surface area contributed by atoms with Crippen LogP contribution in [0.15, 0.2) is 6.08 Å². The molecule has 0 aliphatic rings. The second kappa shape index (κ2) is 11.3. The highest BCUT2D eigenvalue weighted by molar-refractivity contribution is 5.74. The molecule has 0 fully saturated rings. The van der Waals surface area contributed by atoms with Gasteiger partial charge in [0.05, 0.1) is 21.3 Å². The molecule has 6 nitrogen and oxygen atoms in total. The number of hydrogen-bond acceptors (Lipinski definition) is 6. The Morgan fingerprint density at radius 1 is 1.04 bits per heavy atom. The zero-order chi connectivity index (χ0) is 20.4. The molecule has 2 N–H and O–H groups in total. The van der Waals surface area contributed by atoms with E-state index in [-0.39, 0.29) is 29.4 Å². The second-order valence-electron chi connectivity index (χ2n) is 6.19. The molecule has 0 heterocycles. The van der Waals surface area contributed by atoms with E-state index in [2.05, 4.69) is 4.74 Å². The van der Waals surface area contributed by atoms with Crippen LogP contribution in [-0.4, -0.2) is 43.7 Å². The molecule has 0 spiro atoms. The highest BCUT2D eigenvalue weighted by Crippen LogP contribution is 2.48. The van der Waals surface area contributed by atoms with Crippen molar-refractivity contribution in [2.75, 3.05) is 21.3 Å². The molecule has 0 bridgehead atoms. The molecular weight excluding hydrogens is 355 g/mol. The number of methoxy groups -OCH3 is 3. The van der Waals surface area contributed by atoms with Crippen LogP contribution in [0.3, 0.4) is 0 Å². The highest BCUT2D eigenvalue weighted by Gasteiger charge is 2.21. The van der Waals surface area contributed by atoms with Crippen molar-refractivity contribution in [2.24, 2.45) is 0 Å². The molecule has 0 aromatic heterocycles. The molecule has 0 saturated heterocycles. The second-order valence-corrected chi connectivity index (χ2v) is 6.19. The van der Waals surface area contributed by atoms with Gasteiger partial charge < -0.3 is 24.4 Å². The summed E-state index contributed by atoms with van der Waals surface area (Å²) in [7, 11) is 3.96. The Kier molecular flexibility index (Phi) is 9.47. The Bertz CT molecular complexity index is 657. The van der Waals surface area contributed by atoms with Crippen LogP contribution in [0.1, 0.15) is 49.7 Å². The van der Waals surface area contributed by atoms with Gasteiger partial charge in [0.2, 0.25) is 11.5 Å². The smallest absolute Gasteiger partial charge is 0.340 e. The maximum absolute atomic E-state index is 13.3. The normalized spacial score (nSPS) is 12.2. The fourth-order valence-electron chi connectivity index (χ4n) is 2.78. The van der Waals surface area contributed by atoms with Crippen LogP contribution in [0.4, 0.5) is 4.39 Å². The Hall–Kier alpha value is -2.44. The fourth-order valence-corrected chi connectivity index (χ4v) is 2.78. The number of carbonyl (C=O) groups is 1. The average Bonchev–Trinajstić information content (AvgIpc) is 2.67. The number of alkyl halides is 1. The van der Waals surface area contributed by atoms with Gasteiger partial charge in [0.15, 0.2) is 17.7 Å². The van der Waals surface area contributed by atoms with Gasteiger partial charge >= 0.3 is 5.97 Å². The van der Waals surface area contributed by atoms with E-state index in [9.17, 15) is 19.4 Å². The largest absolute Gasteiger partial charge is 0.504 e. The summed E-state index contributed by atoms with van der Waals surface area (Å²) in [5.41, 5.74) is 0.974. The van der Waals surface area contributed by atoms with Crippen LogP contribution in [0.25, 0.3) is 6.08 Å². The molecule has 1 rings (SSSR count). The van der Waals surface area contributed by atoms with Gasteiger partial charge in [-0.15, -0.1) is 0 Å². The number of halogens is 1. The van der Waals surface area contributed by atoms with E-state index >= 15 is 0 Å². The van der Waals surface area contributed by atoms with Gasteiger partial charge in [0, 0.05) is 11.1 Å². The minimum atomic E-state index is -1.54. The van der Waals surface area contributed by atoms with Gasteiger partial charge in [-0.2, -0.15) is 0 Å². The minimum absolute atomic E-state index is 0.0711. The first-order valence-corrected chi connectivity index (χ1v) is 8.93. The van der Waals surface area contributed by atoms with E-state index in [1.165, 1.54) is 21.3 Å². The molecule has 0 saturated carbocycles. The van der Waals surface area contributed by atoms with E-state index in [1.54, 1.807) is 13.0 Å². The first-order chi connectivity index (χ1) is 12.9. The zero-order valence-corrected chi connectivity index (χ0v) is 16.4. The number of phenols is 2. The number of phenolic OH excluding ortho intramolecular Hbond substituents is 2. The molecule has 1 aromatic carbocycles. The molecule has 0 aliphatic heterocycles. The molecule has 27 heavy (non-hydrogen) atoms. The predicted molar refractivity (Wildman–Crippen MR) is 101 cm³/mol. The topological polar surface area (TPSA) is 85.2 Å². The Balaban J connectivity index is 2.52. The maximum Gasteiger partial charge on any atom is 0.340 e. The van der Waals surface area contributed by atoms with Crippen molar-refractivity contribution in [1.29, 1.82) is 0 Å². The fraction of sp³-hybridized carbons (Fsp3) is 0.550. The molecule has 152 valence electrons. The molecule has 1 atom stereocenters. The maximum atomic E-state index is 13.3. The van der Waals surface area contributed by atoms with E-state index in [1.807, 2.05) is 6.08 Å². The van der Waals surface area contributed by atoms with Crippen molar-refractivity contribution in [1.82, 2.24) is 0 Å². The number of hydrogen-bond donors (Lipinski definition) is 2. The molecule has 0 radical (unpaired) electrons. The third-order valence-electron chi connectivity index (χ3n) is 4.38. The van der Waals surface area contributed by atoms with Crippen LogP contribution in [-0.2, 0) is 9.53 Å². The summed E-state index contributed by atoms with van der Waals surface area (Å²) in [6, 6.07) is 0. The standard InChI is InChI=1S/C20H29FO6/c1-13-14(17(23)19(26-3)18(25-2)16(13)22)11-9-7-5-6-8-10-12-15(21)20(24)27-4/h9,11,15,22-23H,5-8,10,12H2,1-4H3/b11-9+. The molecular formula is C20H29FO6. The summed E-state index contributed by atoms with van der Waals surface area (Å²) in [6.45, 7) is 1.69. The number of aromatic hydroxyl groups is 2. The quantitative estimate of drug-likeness (QED) is 0.336. The first-order valence-electron chi connectivity index (χ1n) is 8.93. The third-order valence-corrected chi connectivity index (χ3v) is 4.38. The lowest BCUT2D eigenvalue weighted by atomic mass is 10.0. The molecule has 7 heteroatoms. The summed E-state index contributed by atoms with van der Waals surface area (Å²) in [5.74, 6) is -0.781. The number of allylic oxidation sites excluding steroid dienone is 1. The lowest BCUT2D eigenvalue weighted by Gasteiger charge is -2.16. The summed E-state index contributed by atoms with van der Waals surface area (Å²) in [6.07, 6.45) is 6.30. The van der Waals surface area contributed by atoms with Gasteiger partial charge in [0.1, 0.15) is 0 Å². The molecule has 0 aliphatic carbocycles. The van der Waals surface area contributed by atoms with E-state index < -0.39 is 12.1 Å². The summed E-state index contributed by atoms with van der Waals surface area (Å²) >= 11 is 0. The van der Waals surface area contributed by atoms with Gasteiger partial charge in [-0.05, 0) is 32.6 Å². The first kappa shape index (κ1) is 22.6. The zero-order valence-electron chi connectivity index (χ0n) is 16.4. The number of ether oxygens (including phenoxy) is 3. The van der Waals surface area contributed by atoms with Crippen LogP contribution in [0.5, 0.6) is 23.0 Å². The summed E-state index contributed by atoms with van der Waals surface area (Å²) < 4.78 is 27.8. The van der Waals surface area contributed by atoms with Crippen molar-refractivity contribution < 1.29 is 33.6 Å². The van der Waals surface area contributed by atoms with Crippen molar-refractivity contribution in [3.63, 3.8) is 0 Å². The van der Waals surface area contributed by atoms with Gasteiger partial charge in [0.25, 0.3) is 0 Å². The number of esters is 1. The monoisotopic (exact) mass is 384 g/mol. The molecule has 1 unspecified atom stereocenters. The van der Waals surface area contributed by atoms with Crippen molar-refractivity contribution in [3.05, 3.63) is 17.2 Å². The number of rotatable bonds is 11. The summed E-state index contributed by atoms with van der Waals surface area (Å²) in [4.78, 5) is 11.0. The highest BCUT2D eigenvalue weighted by atomic mass is 19.1. The van der Waals surface area contributed by atoms with Crippen molar-refractivity contribution in [2.45, 2.75) is 51.6 Å². The van der Waals surface area contributed by atoms with Crippen molar-refractivity contribution in [3.8, 4) is 23.0 Å². The minimum Gasteiger partial charge on any atom is -0.504 e. The lowest BCUT2D eigenvalue weighted by molar-refractivity contribution is -0.146. The molecule has 1 aromatic rings.